The van der Waals surface area contributed by atoms with E-state index in [-0.39, 0.29) is 34.8 Å². The molecule has 0 aliphatic carbocycles. The molecule has 8 nitrogen and oxygen atoms in total. The maximum absolute atomic E-state index is 13.8. The molecule has 2 aromatic carbocycles. The molecule has 4 rings (SSSR count). The van der Waals surface area contributed by atoms with E-state index in [9.17, 15) is 9.59 Å². The van der Waals surface area contributed by atoms with Crippen molar-refractivity contribution in [3.63, 3.8) is 0 Å². The summed E-state index contributed by atoms with van der Waals surface area (Å²) in [6.07, 6.45) is 3.41. The van der Waals surface area contributed by atoms with Crippen LogP contribution >= 0.6 is 11.6 Å². The molecule has 37 heavy (non-hydrogen) atoms. The van der Waals surface area contributed by atoms with Gasteiger partial charge in [-0.15, -0.1) is 0 Å². The number of amides is 1. The highest BCUT2D eigenvalue weighted by Crippen LogP contribution is 2.23. The van der Waals surface area contributed by atoms with Gasteiger partial charge in [-0.3, -0.25) is 14.2 Å². The second kappa shape index (κ2) is 12.2. The number of aryl methyl sites for hydroxylation is 1. The molecule has 2 aromatic heterocycles. The van der Waals surface area contributed by atoms with Crippen LogP contribution in [0.4, 0.5) is 11.6 Å². The summed E-state index contributed by atoms with van der Waals surface area (Å²) in [5, 5.41) is 6.10. The van der Waals surface area contributed by atoms with Crippen LogP contribution in [0.15, 0.2) is 77.7 Å². The Morgan fingerprint density at radius 2 is 1.62 bits per heavy atom. The molecule has 2 heterocycles. The van der Waals surface area contributed by atoms with Crippen molar-refractivity contribution >= 4 is 29.1 Å². The molecular formula is C28H29ClN6O2. The molecular weight excluding hydrogens is 488 g/mol. The monoisotopic (exact) mass is 516 g/mol. The number of aromatic nitrogens is 3. The molecule has 0 bridgehead atoms. The Bertz CT molecular complexity index is 1420. The topological polar surface area (TPSA) is 115 Å². The van der Waals surface area contributed by atoms with E-state index in [2.05, 4.69) is 20.6 Å². The van der Waals surface area contributed by atoms with Crippen LogP contribution in [0, 0.1) is 0 Å². The Morgan fingerprint density at radius 1 is 0.973 bits per heavy atom. The smallest absolute Gasteiger partial charge is 0.298 e. The standard InChI is InChI=1S/C28H29ClN6O2/c1-19(36)32-17-22-16-24(26(30)33-18-22)35-23(13-12-20-8-4-2-5-9-20)25(29)34-27(28(35)37)31-15-14-21-10-6-3-7-11-21/h2-11,16,18H,12-15,17H2,1H3,(H2,30,33)(H,31,34)(H,32,36). The Hall–Kier alpha value is -4.17. The van der Waals surface area contributed by atoms with Crippen LogP contribution in [0.5, 0.6) is 0 Å². The quantitative estimate of drug-likeness (QED) is 0.294. The van der Waals surface area contributed by atoms with Crippen LogP contribution in [0.2, 0.25) is 5.15 Å². The first-order valence-corrected chi connectivity index (χ1v) is 12.4. The zero-order valence-electron chi connectivity index (χ0n) is 20.6. The SMILES string of the molecule is CC(=O)NCc1cnc(N)c(-n2c(CCc3ccccc3)c(Cl)nc(NCCc3ccccc3)c2=O)c1. The number of carbonyl (C=O) groups excluding carboxylic acids is 1. The number of anilines is 2. The highest BCUT2D eigenvalue weighted by Gasteiger charge is 2.19. The molecule has 4 N–H and O–H groups in total. The van der Waals surface area contributed by atoms with Crippen molar-refractivity contribution < 1.29 is 4.79 Å². The molecule has 0 aliphatic heterocycles. The molecule has 9 heteroatoms. The fourth-order valence-corrected chi connectivity index (χ4v) is 4.26. The van der Waals surface area contributed by atoms with Gasteiger partial charge in [0.25, 0.3) is 5.56 Å². The fourth-order valence-electron chi connectivity index (χ4n) is 4.00. The average molecular weight is 517 g/mol. The molecule has 0 unspecified atom stereocenters. The number of carbonyl (C=O) groups is 1. The van der Waals surface area contributed by atoms with Gasteiger partial charge in [-0.25, -0.2) is 9.97 Å². The number of rotatable bonds is 10. The summed E-state index contributed by atoms with van der Waals surface area (Å²) < 4.78 is 1.49. The Morgan fingerprint density at radius 3 is 2.27 bits per heavy atom. The maximum atomic E-state index is 13.8. The van der Waals surface area contributed by atoms with Crippen LogP contribution in [0.1, 0.15) is 29.3 Å². The minimum atomic E-state index is -0.370. The lowest BCUT2D eigenvalue weighted by Gasteiger charge is -2.18. The van der Waals surface area contributed by atoms with Gasteiger partial charge in [0.15, 0.2) is 11.0 Å². The summed E-state index contributed by atoms with van der Waals surface area (Å²) in [5.74, 6) is 0.138. The third-order valence-electron chi connectivity index (χ3n) is 5.90. The number of benzene rings is 2. The highest BCUT2D eigenvalue weighted by atomic mass is 35.5. The minimum absolute atomic E-state index is 0.135. The second-order valence-electron chi connectivity index (χ2n) is 8.64. The first-order chi connectivity index (χ1) is 17.9. The van der Waals surface area contributed by atoms with Crippen LogP contribution in [0.25, 0.3) is 5.69 Å². The van der Waals surface area contributed by atoms with E-state index in [0.29, 0.717) is 42.8 Å². The largest absolute Gasteiger partial charge is 0.382 e. The first kappa shape index (κ1) is 25.9. The molecule has 0 fully saturated rings. The van der Waals surface area contributed by atoms with Crippen molar-refractivity contribution in [3.05, 3.63) is 111 Å². The zero-order chi connectivity index (χ0) is 26.2. The Kier molecular flexibility index (Phi) is 8.53. The van der Waals surface area contributed by atoms with Crippen LogP contribution < -0.4 is 21.9 Å². The van der Waals surface area contributed by atoms with Crippen LogP contribution in [0.3, 0.4) is 0 Å². The number of hydrogen-bond donors (Lipinski definition) is 3. The van der Waals surface area contributed by atoms with Crippen LogP contribution in [-0.4, -0.2) is 27.0 Å². The Balaban J connectivity index is 1.72. The van der Waals surface area contributed by atoms with Gasteiger partial charge in [0, 0.05) is 26.2 Å². The third-order valence-corrected chi connectivity index (χ3v) is 6.20. The van der Waals surface area contributed by atoms with E-state index in [1.54, 1.807) is 12.3 Å². The lowest BCUT2D eigenvalue weighted by molar-refractivity contribution is -0.119. The summed E-state index contributed by atoms with van der Waals surface area (Å²) in [4.78, 5) is 33.9. The lowest BCUT2D eigenvalue weighted by atomic mass is 10.1. The van der Waals surface area contributed by atoms with Crippen molar-refractivity contribution in [2.45, 2.75) is 32.7 Å². The highest BCUT2D eigenvalue weighted by molar-refractivity contribution is 6.30. The minimum Gasteiger partial charge on any atom is -0.382 e. The molecule has 0 spiro atoms. The summed E-state index contributed by atoms with van der Waals surface area (Å²) in [6, 6.07) is 21.6. The van der Waals surface area contributed by atoms with Crippen molar-refractivity contribution in [2.24, 2.45) is 0 Å². The zero-order valence-corrected chi connectivity index (χ0v) is 21.3. The third kappa shape index (κ3) is 6.74. The van der Waals surface area contributed by atoms with Gasteiger partial charge in [-0.05, 0) is 42.0 Å². The fraction of sp³-hybridized carbons (Fsp3) is 0.214. The molecule has 0 radical (unpaired) electrons. The molecule has 0 aliphatic rings. The summed E-state index contributed by atoms with van der Waals surface area (Å²) in [7, 11) is 0. The van der Waals surface area contributed by atoms with E-state index in [0.717, 1.165) is 11.1 Å². The van der Waals surface area contributed by atoms with Crippen molar-refractivity contribution in [1.29, 1.82) is 0 Å². The molecule has 4 aromatic rings. The first-order valence-electron chi connectivity index (χ1n) is 12.0. The normalized spacial score (nSPS) is 10.8. The van der Waals surface area contributed by atoms with Crippen LogP contribution in [-0.2, 0) is 30.6 Å². The van der Waals surface area contributed by atoms with Gasteiger partial charge in [0.2, 0.25) is 5.91 Å². The molecule has 190 valence electrons. The van der Waals surface area contributed by atoms with Gasteiger partial charge in [0.1, 0.15) is 5.82 Å². The number of nitrogens with one attached hydrogen (secondary N) is 2. The number of nitrogens with two attached hydrogens (primary N) is 1. The van der Waals surface area contributed by atoms with Gasteiger partial charge >= 0.3 is 0 Å². The van der Waals surface area contributed by atoms with Gasteiger partial charge in [-0.1, -0.05) is 72.3 Å². The molecule has 0 saturated carbocycles. The van der Waals surface area contributed by atoms with E-state index in [4.69, 9.17) is 17.3 Å². The van der Waals surface area contributed by atoms with E-state index < -0.39 is 0 Å². The predicted molar refractivity (Wildman–Crippen MR) is 147 cm³/mol. The van der Waals surface area contributed by atoms with Gasteiger partial charge in [-0.2, -0.15) is 0 Å². The Labute approximate surface area is 220 Å². The number of nitrogens with zero attached hydrogens (tertiary/aromatic N) is 3. The summed E-state index contributed by atoms with van der Waals surface area (Å²) in [5.41, 5.74) is 9.76. The molecule has 0 saturated heterocycles. The van der Waals surface area contributed by atoms with Crippen molar-refractivity contribution in [2.75, 3.05) is 17.6 Å². The van der Waals surface area contributed by atoms with Crippen molar-refractivity contribution in [1.82, 2.24) is 19.9 Å². The van der Waals surface area contributed by atoms with E-state index in [1.807, 2.05) is 60.7 Å². The molecule has 0 atom stereocenters. The number of pyridine rings is 1. The number of halogens is 1. The summed E-state index contributed by atoms with van der Waals surface area (Å²) >= 11 is 6.68. The number of hydrogen-bond acceptors (Lipinski definition) is 6. The average Bonchev–Trinajstić information content (AvgIpc) is 2.90. The summed E-state index contributed by atoms with van der Waals surface area (Å²) in [6.45, 7) is 2.20. The second-order valence-corrected chi connectivity index (χ2v) is 9.00. The van der Waals surface area contributed by atoms with E-state index in [1.165, 1.54) is 11.5 Å². The number of nitrogen functional groups attached to an aromatic ring is 1. The maximum Gasteiger partial charge on any atom is 0.298 e. The predicted octanol–water partition coefficient (Wildman–Crippen LogP) is 3.94. The molecule has 1 amide bonds. The van der Waals surface area contributed by atoms with Crippen molar-refractivity contribution in [3.8, 4) is 5.69 Å². The van der Waals surface area contributed by atoms with Gasteiger partial charge in [0.05, 0.1) is 11.4 Å². The lowest BCUT2D eigenvalue weighted by Crippen LogP contribution is -2.29. The van der Waals surface area contributed by atoms with E-state index >= 15 is 0 Å². The van der Waals surface area contributed by atoms with Gasteiger partial charge < -0.3 is 16.4 Å².